The molecule has 1 aliphatic heterocycles. The SMILES string of the molecule is Cl.O=C(O)c1cc(C(F)(F)F)ccc1N1CC[C@H](OCc2ccccn2)C1. The molecule has 1 aromatic heterocycles. The zero-order valence-electron chi connectivity index (χ0n) is 14.1. The van der Waals surface area contributed by atoms with E-state index in [9.17, 15) is 23.1 Å². The quantitative estimate of drug-likeness (QED) is 0.818. The normalized spacial score (nSPS) is 16.9. The number of hydrogen-bond acceptors (Lipinski definition) is 4. The molecule has 0 spiro atoms. The van der Waals surface area contributed by atoms with Gasteiger partial charge in [0.1, 0.15) is 0 Å². The Hall–Kier alpha value is -2.32. The van der Waals surface area contributed by atoms with Gasteiger partial charge < -0.3 is 14.7 Å². The lowest BCUT2D eigenvalue weighted by molar-refractivity contribution is -0.137. The number of carboxylic acid groups (broad SMARTS) is 1. The minimum Gasteiger partial charge on any atom is -0.478 e. The van der Waals surface area contributed by atoms with Gasteiger partial charge in [0.2, 0.25) is 0 Å². The van der Waals surface area contributed by atoms with Crippen LogP contribution in [0.2, 0.25) is 0 Å². The molecule has 1 N–H and O–H groups in total. The summed E-state index contributed by atoms with van der Waals surface area (Å²) in [6.07, 6.45) is -2.39. The van der Waals surface area contributed by atoms with Crippen LogP contribution in [-0.4, -0.2) is 35.3 Å². The molecule has 9 heteroatoms. The molecule has 0 amide bonds. The van der Waals surface area contributed by atoms with Crippen LogP contribution < -0.4 is 4.90 Å². The van der Waals surface area contributed by atoms with Crippen molar-refractivity contribution in [2.24, 2.45) is 0 Å². The first-order valence-electron chi connectivity index (χ1n) is 8.05. The zero-order valence-corrected chi connectivity index (χ0v) is 15.0. The third-order valence-corrected chi connectivity index (χ3v) is 4.23. The largest absolute Gasteiger partial charge is 0.478 e. The summed E-state index contributed by atoms with van der Waals surface area (Å²) in [5.41, 5.74) is -0.271. The first-order chi connectivity index (χ1) is 12.3. The van der Waals surface area contributed by atoms with Crippen molar-refractivity contribution in [1.82, 2.24) is 4.98 Å². The number of aromatic nitrogens is 1. The van der Waals surface area contributed by atoms with Crippen LogP contribution in [0.5, 0.6) is 0 Å². The highest BCUT2D eigenvalue weighted by molar-refractivity contribution is 5.94. The Morgan fingerprint density at radius 2 is 2.07 bits per heavy atom. The molecule has 0 saturated carbocycles. The Labute approximate surface area is 160 Å². The Balaban J connectivity index is 0.00000261. The second-order valence-corrected chi connectivity index (χ2v) is 6.02. The van der Waals surface area contributed by atoms with Gasteiger partial charge in [0.05, 0.1) is 35.2 Å². The average molecular weight is 403 g/mol. The molecule has 3 rings (SSSR count). The lowest BCUT2D eigenvalue weighted by atomic mass is 10.1. The van der Waals surface area contributed by atoms with Crippen LogP contribution in [0.25, 0.3) is 0 Å². The van der Waals surface area contributed by atoms with Crippen LogP contribution in [-0.2, 0) is 17.5 Å². The standard InChI is InChI=1S/C18H17F3N2O3.ClH/c19-18(20,21)12-4-5-16(15(9-12)17(24)25)23-8-6-14(10-23)26-11-13-3-1-2-7-22-13;/h1-5,7,9,14H,6,8,10-11H2,(H,24,25);1H/t14-;/m0./s1. The Morgan fingerprint density at radius 3 is 2.70 bits per heavy atom. The fourth-order valence-corrected chi connectivity index (χ4v) is 2.93. The van der Waals surface area contributed by atoms with Gasteiger partial charge in [0, 0.05) is 19.3 Å². The van der Waals surface area contributed by atoms with E-state index in [-0.39, 0.29) is 29.8 Å². The van der Waals surface area contributed by atoms with E-state index in [4.69, 9.17) is 4.74 Å². The van der Waals surface area contributed by atoms with Crippen LogP contribution in [0.1, 0.15) is 28.0 Å². The number of hydrogen-bond donors (Lipinski definition) is 1. The van der Waals surface area contributed by atoms with Crippen LogP contribution in [0.3, 0.4) is 0 Å². The van der Waals surface area contributed by atoms with Crippen molar-refractivity contribution >= 4 is 24.1 Å². The lowest BCUT2D eigenvalue weighted by Gasteiger charge is -2.21. The third-order valence-electron chi connectivity index (χ3n) is 4.23. The van der Waals surface area contributed by atoms with Gasteiger partial charge in [-0.1, -0.05) is 6.07 Å². The Morgan fingerprint density at radius 1 is 1.30 bits per heavy atom. The molecule has 1 atom stereocenters. The van der Waals surface area contributed by atoms with E-state index in [1.165, 1.54) is 6.07 Å². The van der Waals surface area contributed by atoms with Gasteiger partial charge in [-0.3, -0.25) is 4.98 Å². The fourth-order valence-electron chi connectivity index (χ4n) is 2.93. The van der Waals surface area contributed by atoms with Crippen LogP contribution in [0, 0.1) is 0 Å². The van der Waals surface area contributed by atoms with Gasteiger partial charge in [0.15, 0.2) is 0 Å². The summed E-state index contributed by atoms with van der Waals surface area (Å²) in [6.45, 7) is 1.26. The smallest absolute Gasteiger partial charge is 0.416 e. The van der Waals surface area contributed by atoms with Gasteiger partial charge in [-0.2, -0.15) is 13.2 Å². The summed E-state index contributed by atoms with van der Waals surface area (Å²) < 4.78 is 44.3. The van der Waals surface area contributed by atoms with E-state index >= 15 is 0 Å². The van der Waals surface area contributed by atoms with Crippen LogP contribution in [0.15, 0.2) is 42.6 Å². The molecule has 2 heterocycles. The molecule has 1 aromatic carbocycles. The van der Waals surface area contributed by atoms with E-state index in [1.54, 1.807) is 17.2 Å². The highest BCUT2D eigenvalue weighted by Crippen LogP contribution is 2.34. The van der Waals surface area contributed by atoms with E-state index < -0.39 is 17.7 Å². The topological polar surface area (TPSA) is 62.7 Å². The minimum atomic E-state index is -4.58. The number of alkyl halides is 3. The molecule has 5 nitrogen and oxygen atoms in total. The lowest BCUT2D eigenvalue weighted by Crippen LogP contribution is -2.25. The monoisotopic (exact) mass is 402 g/mol. The number of nitrogens with zero attached hydrogens (tertiary/aromatic N) is 2. The molecular formula is C18H18ClF3N2O3. The molecule has 0 bridgehead atoms. The molecule has 0 aliphatic carbocycles. The highest BCUT2D eigenvalue weighted by Gasteiger charge is 2.33. The number of carbonyl (C=O) groups is 1. The highest BCUT2D eigenvalue weighted by atomic mass is 35.5. The number of ether oxygens (including phenoxy) is 1. The maximum atomic E-state index is 12.8. The summed E-state index contributed by atoms with van der Waals surface area (Å²) in [6, 6.07) is 8.30. The fraction of sp³-hybridized carbons (Fsp3) is 0.333. The molecular weight excluding hydrogens is 385 g/mol. The number of aromatic carboxylic acids is 1. The van der Waals surface area contributed by atoms with Crippen molar-refractivity contribution in [1.29, 1.82) is 0 Å². The predicted molar refractivity (Wildman–Crippen MR) is 95.3 cm³/mol. The van der Waals surface area contributed by atoms with Crippen LogP contribution in [0.4, 0.5) is 18.9 Å². The number of anilines is 1. The Bertz CT molecular complexity index is 787. The van der Waals surface area contributed by atoms with Gasteiger partial charge in [-0.05, 0) is 36.8 Å². The first kappa shape index (κ1) is 21.0. The van der Waals surface area contributed by atoms with E-state index in [2.05, 4.69) is 4.98 Å². The number of pyridine rings is 1. The summed E-state index contributed by atoms with van der Waals surface area (Å²) in [4.78, 5) is 17.3. The van der Waals surface area contributed by atoms with Crippen molar-refractivity contribution in [3.8, 4) is 0 Å². The van der Waals surface area contributed by atoms with Gasteiger partial charge in [-0.15, -0.1) is 12.4 Å². The molecule has 1 saturated heterocycles. The van der Waals surface area contributed by atoms with Crippen molar-refractivity contribution in [3.05, 3.63) is 59.4 Å². The van der Waals surface area contributed by atoms with Crippen molar-refractivity contribution < 1.29 is 27.8 Å². The van der Waals surface area contributed by atoms with Crippen molar-refractivity contribution in [3.63, 3.8) is 0 Å². The predicted octanol–water partition coefficient (Wildman–Crippen LogP) is 4.02. The third kappa shape index (κ3) is 5.11. The van der Waals surface area contributed by atoms with Crippen LogP contribution >= 0.6 is 12.4 Å². The molecule has 1 fully saturated rings. The average Bonchev–Trinajstić information content (AvgIpc) is 3.08. The summed E-state index contributed by atoms with van der Waals surface area (Å²) >= 11 is 0. The number of halogens is 4. The molecule has 1 aliphatic rings. The number of benzene rings is 1. The Kier molecular flexibility index (Phi) is 6.67. The first-order valence-corrected chi connectivity index (χ1v) is 8.05. The van der Waals surface area contributed by atoms with Crippen molar-refractivity contribution in [2.75, 3.05) is 18.0 Å². The number of carboxylic acids is 1. The summed E-state index contributed by atoms with van der Waals surface area (Å²) in [5.74, 6) is -1.39. The summed E-state index contributed by atoms with van der Waals surface area (Å²) in [7, 11) is 0. The maximum Gasteiger partial charge on any atom is 0.416 e. The van der Waals surface area contributed by atoms with E-state index in [1.807, 2.05) is 12.1 Å². The van der Waals surface area contributed by atoms with E-state index in [0.29, 0.717) is 32.2 Å². The maximum absolute atomic E-state index is 12.8. The molecule has 27 heavy (non-hydrogen) atoms. The van der Waals surface area contributed by atoms with E-state index in [0.717, 1.165) is 11.8 Å². The van der Waals surface area contributed by atoms with Crippen molar-refractivity contribution in [2.45, 2.75) is 25.3 Å². The summed E-state index contributed by atoms with van der Waals surface area (Å²) in [5, 5.41) is 9.30. The second-order valence-electron chi connectivity index (χ2n) is 6.02. The van der Waals surface area contributed by atoms with Gasteiger partial charge in [-0.25, -0.2) is 4.79 Å². The molecule has 146 valence electrons. The minimum absolute atomic E-state index is 0. The zero-order chi connectivity index (χ0) is 18.7. The molecule has 0 unspecified atom stereocenters. The number of rotatable bonds is 5. The molecule has 0 radical (unpaired) electrons. The molecule has 2 aromatic rings. The van der Waals surface area contributed by atoms with Gasteiger partial charge in [0.25, 0.3) is 0 Å². The second kappa shape index (κ2) is 8.58. The van der Waals surface area contributed by atoms with Gasteiger partial charge >= 0.3 is 12.1 Å².